The highest BCUT2D eigenvalue weighted by Gasteiger charge is 2.41. The SMILES string of the molecule is C=C(C(=O)CCC)C(=O)C(F)(F)F.C=C(C(C)=O)C(=O)CBr.CC. The van der Waals surface area contributed by atoms with E-state index < -0.39 is 23.3 Å². The quantitative estimate of drug-likeness (QED) is 0.271. The van der Waals surface area contributed by atoms with E-state index in [0.29, 0.717) is 6.42 Å². The summed E-state index contributed by atoms with van der Waals surface area (Å²) in [6, 6.07) is 0. The van der Waals surface area contributed by atoms with Gasteiger partial charge in [0.15, 0.2) is 17.3 Å². The lowest BCUT2D eigenvalue weighted by atomic mass is 10.1. The second-order valence-corrected chi connectivity index (χ2v) is 4.63. The molecule has 138 valence electrons. The number of Topliss-reactive ketones (excluding diaryl/α,β-unsaturated/α-hetero) is 4. The lowest BCUT2D eigenvalue weighted by molar-refractivity contribution is -0.167. The van der Waals surface area contributed by atoms with Gasteiger partial charge in [0.2, 0.25) is 0 Å². The first-order valence-corrected chi connectivity index (χ1v) is 8.14. The summed E-state index contributed by atoms with van der Waals surface area (Å²) in [7, 11) is 0. The van der Waals surface area contributed by atoms with Crippen LogP contribution >= 0.6 is 15.9 Å². The van der Waals surface area contributed by atoms with Crippen molar-refractivity contribution in [2.24, 2.45) is 0 Å². The predicted octanol–water partition coefficient (Wildman–Crippen LogP) is 4.17. The number of carbonyl (C=O) groups is 4. The van der Waals surface area contributed by atoms with Crippen molar-refractivity contribution in [2.75, 3.05) is 5.33 Å². The second kappa shape index (κ2) is 13.8. The van der Waals surface area contributed by atoms with Gasteiger partial charge in [-0.3, -0.25) is 19.2 Å². The van der Waals surface area contributed by atoms with Crippen LogP contribution in [0.4, 0.5) is 13.2 Å². The average molecular weight is 415 g/mol. The van der Waals surface area contributed by atoms with Crippen LogP contribution in [0, 0.1) is 0 Å². The minimum Gasteiger partial charge on any atom is -0.294 e. The first kappa shape index (κ1) is 27.3. The molecule has 0 fully saturated rings. The van der Waals surface area contributed by atoms with E-state index in [-0.39, 0.29) is 28.9 Å². The van der Waals surface area contributed by atoms with Crippen molar-refractivity contribution < 1.29 is 32.3 Å². The Hall–Kier alpha value is -1.57. The molecule has 0 bridgehead atoms. The van der Waals surface area contributed by atoms with Crippen LogP contribution in [0.3, 0.4) is 0 Å². The topological polar surface area (TPSA) is 68.3 Å². The third kappa shape index (κ3) is 11.9. The highest BCUT2D eigenvalue weighted by molar-refractivity contribution is 9.09. The Morgan fingerprint density at radius 2 is 1.38 bits per heavy atom. The number of halogens is 4. The van der Waals surface area contributed by atoms with Gasteiger partial charge < -0.3 is 0 Å². The van der Waals surface area contributed by atoms with Gasteiger partial charge in [-0.15, -0.1) is 0 Å². The standard InChI is InChI=1S/C8H9F3O2.C6H7BrO2.C2H6/c1-3-4-6(12)5(2)7(13)8(9,10)11;1-4(5(2)8)6(9)3-7;1-2/h2-4H2,1H3;1,3H2,2H3;1-2H3. The van der Waals surface area contributed by atoms with Crippen LogP contribution in [-0.4, -0.2) is 34.6 Å². The third-order valence-corrected chi connectivity index (χ3v) is 2.74. The van der Waals surface area contributed by atoms with Gasteiger partial charge in [0.1, 0.15) is 0 Å². The number of hydrogen-bond acceptors (Lipinski definition) is 4. The molecule has 8 heteroatoms. The van der Waals surface area contributed by atoms with E-state index in [1.54, 1.807) is 6.92 Å². The van der Waals surface area contributed by atoms with E-state index in [1.165, 1.54) is 6.92 Å². The average Bonchev–Trinajstić information content (AvgIpc) is 2.53. The minimum absolute atomic E-state index is 0.0619. The Balaban J connectivity index is -0.000000351. The number of rotatable bonds is 7. The molecular formula is C16H22BrF3O4. The molecule has 0 heterocycles. The maximum absolute atomic E-state index is 11.7. The molecule has 0 aromatic rings. The molecule has 0 aliphatic carbocycles. The van der Waals surface area contributed by atoms with Crippen molar-refractivity contribution in [3.05, 3.63) is 24.3 Å². The lowest BCUT2D eigenvalue weighted by Crippen LogP contribution is -2.27. The fraction of sp³-hybridized carbons (Fsp3) is 0.500. The van der Waals surface area contributed by atoms with Crippen LogP contribution in [0.1, 0.15) is 40.5 Å². The molecular weight excluding hydrogens is 393 g/mol. The van der Waals surface area contributed by atoms with Crippen molar-refractivity contribution in [3.63, 3.8) is 0 Å². The Bertz CT molecular complexity index is 494. The molecule has 0 N–H and O–H groups in total. The molecule has 0 aliphatic rings. The van der Waals surface area contributed by atoms with Crippen LogP contribution in [0.25, 0.3) is 0 Å². The van der Waals surface area contributed by atoms with Crippen LogP contribution < -0.4 is 0 Å². The van der Waals surface area contributed by atoms with E-state index in [1.807, 2.05) is 13.8 Å². The number of ketones is 4. The fourth-order valence-corrected chi connectivity index (χ4v) is 1.29. The molecule has 0 saturated carbocycles. The zero-order chi connectivity index (χ0) is 20.1. The molecule has 0 aromatic heterocycles. The Kier molecular flexibility index (Phi) is 15.7. The maximum atomic E-state index is 11.7. The summed E-state index contributed by atoms with van der Waals surface area (Å²) in [4.78, 5) is 42.2. The third-order valence-electron chi connectivity index (χ3n) is 2.23. The van der Waals surface area contributed by atoms with E-state index in [4.69, 9.17) is 0 Å². The molecule has 4 nitrogen and oxygen atoms in total. The van der Waals surface area contributed by atoms with Crippen LogP contribution in [0.2, 0.25) is 0 Å². The van der Waals surface area contributed by atoms with Gasteiger partial charge in [0.25, 0.3) is 5.78 Å². The molecule has 0 atom stereocenters. The van der Waals surface area contributed by atoms with E-state index >= 15 is 0 Å². The number of allylic oxidation sites excluding steroid dienone is 2. The van der Waals surface area contributed by atoms with E-state index in [2.05, 4.69) is 29.1 Å². The summed E-state index contributed by atoms with van der Waals surface area (Å²) in [5, 5.41) is 0.172. The van der Waals surface area contributed by atoms with Crippen molar-refractivity contribution in [1.82, 2.24) is 0 Å². The van der Waals surface area contributed by atoms with Gasteiger partial charge in [-0.05, 0) is 13.3 Å². The molecule has 24 heavy (non-hydrogen) atoms. The molecule has 0 amide bonds. The smallest absolute Gasteiger partial charge is 0.294 e. The molecule has 0 radical (unpaired) electrons. The lowest BCUT2D eigenvalue weighted by Gasteiger charge is -2.05. The van der Waals surface area contributed by atoms with Gasteiger partial charge in [-0.1, -0.05) is 49.9 Å². The Labute approximate surface area is 148 Å². The van der Waals surface area contributed by atoms with Crippen molar-refractivity contribution in [2.45, 2.75) is 46.7 Å². The predicted molar refractivity (Wildman–Crippen MR) is 90.1 cm³/mol. The molecule has 0 aromatic carbocycles. The molecule has 0 aliphatic heterocycles. The number of alkyl halides is 4. The van der Waals surface area contributed by atoms with Crippen LogP contribution in [0.15, 0.2) is 24.3 Å². The first-order chi connectivity index (χ1) is 10.9. The van der Waals surface area contributed by atoms with Crippen molar-refractivity contribution in [1.29, 1.82) is 0 Å². The highest BCUT2D eigenvalue weighted by atomic mass is 79.9. The summed E-state index contributed by atoms with van der Waals surface area (Å²) in [5.41, 5.74) is -0.916. The van der Waals surface area contributed by atoms with E-state index in [9.17, 15) is 32.3 Å². The summed E-state index contributed by atoms with van der Waals surface area (Å²) >= 11 is 2.92. The van der Waals surface area contributed by atoms with Crippen molar-refractivity contribution >= 4 is 39.1 Å². The van der Waals surface area contributed by atoms with Gasteiger partial charge in [0.05, 0.1) is 16.5 Å². The number of hydrogen-bond donors (Lipinski definition) is 0. The molecule has 0 saturated heterocycles. The minimum atomic E-state index is -5.00. The molecule has 0 rings (SSSR count). The zero-order valence-corrected chi connectivity index (χ0v) is 15.8. The van der Waals surface area contributed by atoms with Gasteiger partial charge in [-0.2, -0.15) is 13.2 Å². The largest absolute Gasteiger partial charge is 0.454 e. The Morgan fingerprint density at radius 3 is 1.58 bits per heavy atom. The van der Waals surface area contributed by atoms with Crippen LogP contribution in [-0.2, 0) is 19.2 Å². The van der Waals surface area contributed by atoms with Crippen molar-refractivity contribution in [3.8, 4) is 0 Å². The second-order valence-electron chi connectivity index (χ2n) is 4.07. The molecule has 0 unspecified atom stereocenters. The van der Waals surface area contributed by atoms with E-state index in [0.717, 1.165) is 0 Å². The first-order valence-electron chi connectivity index (χ1n) is 7.02. The zero-order valence-electron chi connectivity index (χ0n) is 14.2. The summed E-state index contributed by atoms with van der Waals surface area (Å²) in [6.07, 6.45) is -4.69. The Morgan fingerprint density at radius 1 is 0.958 bits per heavy atom. The highest BCUT2D eigenvalue weighted by Crippen LogP contribution is 2.20. The summed E-state index contributed by atoms with van der Waals surface area (Å²) in [6.45, 7) is 13.1. The number of carbonyl (C=O) groups excluding carboxylic acids is 4. The monoisotopic (exact) mass is 414 g/mol. The van der Waals surface area contributed by atoms with Gasteiger partial charge in [0, 0.05) is 6.42 Å². The normalized spacial score (nSPS) is 9.50. The van der Waals surface area contributed by atoms with Crippen LogP contribution in [0.5, 0.6) is 0 Å². The maximum Gasteiger partial charge on any atom is 0.454 e. The summed E-state index contributed by atoms with van der Waals surface area (Å²) < 4.78 is 35.2. The van der Waals surface area contributed by atoms with Gasteiger partial charge in [-0.25, -0.2) is 0 Å². The molecule has 0 spiro atoms. The van der Waals surface area contributed by atoms with Gasteiger partial charge >= 0.3 is 6.18 Å². The summed E-state index contributed by atoms with van der Waals surface area (Å²) in [5.74, 6) is -3.50. The fourth-order valence-electron chi connectivity index (χ4n) is 0.953.